The van der Waals surface area contributed by atoms with Crippen LogP contribution in [0, 0.1) is 0 Å². The van der Waals surface area contributed by atoms with E-state index < -0.39 is 11.7 Å². The molecule has 0 saturated carbocycles. The van der Waals surface area contributed by atoms with Gasteiger partial charge in [-0.05, 0) is 56.8 Å². The molecule has 4 heterocycles. The van der Waals surface area contributed by atoms with Gasteiger partial charge in [-0.15, -0.1) is 0 Å². The van der Waals surface area contributed by atoms with Crippen LogP contribution in [0.4, 0.5) is 21.6 Å². The number of hydrogen-bond acceptors (Lipinski definition) is 10. The van der Waals surface area contributed by atoms with Crippen LogP contribution in [-0.2, 0) is 4.79 Å². The lowest BCUT2D eigenvalue weighted by atomic mass is 10.1. The zero-order chi connectivity index (χ0) is 29.9. The third-order valence-corrected chi connectivity index (χ3v) is 7.25. The van der Waals surface area contributed by atoms with Crippen LogP contribution in [0.15, 0.2) is 73.2 Å². The minimum absolute atomic E-state index is 0.113. The molecule has 1 atom stereocenters. The van der Waals surface area contributed by atoms with Gasteiger partial charge in [-0.25, -0.2) is 23.9 Å². The molecule has 1 aliphatic rings. The number of ether oxygens (including phenoxy) is 3. The molecule has 1 fully saturated rings. The lowest BCUT2D eigenvalue weighted by Gasteiger charge is -2.16. The summed E-state index contributed by atoms with van der Waals surface area (Å²) in [7, 11) is 4.93. The summed E-state index contributed by atoms with van der Waals surface area (Å²) in [5, 5.41) is 10.6. The maximum atomic E-state index is 14.8. The number of nitrogens with one attached hydrogen (secondary N) is 2. The summed E-state index contributed by atoms with van der Waals surface area (Å²) < 4.78 is 33.6. The number of benzene rings is 2. The van der Waals surface area contributed by atoms with Crippen molar-refractivity contribution in [3.05, 3.63) is 73.2 Å². The summed E-state index contributed by atoms with van der Waals surface area (Å²) in [6.45, 7) is 0.866. The van der Waals surface area contributed by atoms with Crippen LogP contribution < -0.4 is 24.8 Å². The zero-order valence-electron chi connectivity index (χ0n) is 23.7. The summed E-state index contributed by atoms with van der Waals surface area (Å²) in [4.78, 5) is 27.7. The number of pyridine rings is 1. The first-order chi connectivity index (χ1) is 20.9. The Morgan fingerprint density at radius 3 is 2.60 bits per heavy atom. The normalized spacial score (nSPS) is 15.5. The van der Waals surface area contributed by atoms with E-state index in [2.05, 4.69) is 30.7 Å². The molecule has 2 N–H and O–H groups in total. The second-order valence-electron chi connectivity index (χ2n) is 9.97. The maximum absolute atomic E-state index is 14.8. The first-order valence-corrected chi connectivity index (χ1v) is 13.6. The molecule has 0 spiro atoms. The van der Waals surface area contributed by atoms with E-state index in [0.29, 0.717) is 51.1 Å². The highest BCUT2D eigenvalue weighted by atomic mass is 19.1. The second-order valence-corrected chi connectivity index (χ2v) is 9.97. The Morgan fingerprint density at radius 2 is 1.81 bits per heavy atom. The smallest absolute Gasteiger partial charge is 0.284 e. The van der Waals surface area contributed by atoms with Crippen LogP contribution in [-0.4, -0.2) is 69.2 Å². The molecule has 6 rings (SSSR count). The van der Waals surface area contributed by atoms with Gasteiger partial charge in [0.15, 0.2) is 11.5 Å². The number of amides is 1. The van der Waals surface area contributed by atoms with Crippen LogP contribution in [0.25, 0.3) is 16.6 Å². The van der Waals surface area contributed by atoms with Crippen molar-refractivity contribution in [3.63, 3.8) is 0 Å². The van der Waals surface area contributed by atoms with Crippen molar-refractivity contribution in [1.82, 2.24) is 29.5 Å². The SMILES string of the molecule is COc1cc2ncnc(Nc3ccc(Oc4ccn5ncnc5c4)cc3OC)c2cc1NC(=O)/C(F)=C\C1CCCN1C. The molecule has 2 aromatic carbocycles. The van der Waals surface area contributed by atoms with E-state index in [1.54, 1.807) is 60.3 Å². The Bertz CT molecular complexity index is 1840. The van der Waals surface area contributed by atoms with Crippen molar-refractivity contribution >= 4 is 39.6 Å². The third-order valence-electron chi connectivity index (χ3n) is 7.25. The third kappa shape index (κ3) is 5.88. The van der Waals surface area contributed by atoms with Gasteiger partial charge in [0.05, 0.1) is 31.1 Å². The number of carbonyl (C=O) groups excluding carboxylic acids is 1. The van der Waals surface area contributed by atoms with Crippen molar-refractivity contribution in [3.8, 4) is 23.0 Å². The fraction of sp³-hybridized carbons (Fsp3) is 0.233. The fourth-order valence-electron chi connectivity index (χ4n) is 4.99. The molecule has 43 heavy (non-hydrogen) atoms. The van der Waals surface area contributed by atoms with Gasteiger partial charge < -0.3 is 24.8 Å². The highest BCUT2D eigenvalue weighted by Gasteiger charge is 2.22. The van der Waals surface area contributed by atoms with Gasteiger partial charge in [-0.2, -0.15) is 5.10 Å². The minimum Gasteiger partial charge on any atom is -0.494 e. The molecule has 1 saturated heterocycles. The van der Waals surface area contributed by atoms with Gasteiger partial charge in [-0.1, -0.05) is 0 Å². The standard InChI is InChI=1S/C30H29FN8O4/c1-38-9-4-5-18(38)11-22(31)30(40)37-25-14-21-24(15-27(25)42-3)32-16-34-29(21)36-23-7-6-19(12-26(23)41-2)43-20-8-10-39-28(13-20)33-17-35-39/h6-8,10-18H,4-5,9H2,1-3H3,(H,37,40)(H,32,34,36)/b22-11+. The predicted molar refractivity (Wildman–Crippen MR) is 159 cm³/mol. The summed E-state index contributed by atoms with van der Waals surface area (Å²) in [5.74, 6) is 0.707. The molecule has 220 valence electrons. The largest absolute Gasteiger partial charge is 0.494 e. The lowest BCUT2D eigenvalue weighted by Crippen LogP contribution is -2.24. The summed E-state index contributed by atoms with van der Waals surface area (Å²) in [5.41, 5.74) is 2.10. The lowest BCUT2D eigenvalue weighted by molar-refractivity contribution is -0.114. The summed E-state index contributed by atoms with van der Waals surface area (Å²) in [6, 6.07) is 12.1. The van der Waals surface area contributed by atoms with E-state index in [9.17, 15) is 9.18 Å². The molecule has 5 aromatic rings. The van der Waals surface area contributed by atoms with E-state index in [1.165, 1.54) is 25.8 Å². The molecular weight excluding hydrogens is 555 g/mol. The molecule has 1 amide bonds. The van der Waals surface area contributed by atoms with Crippen molar-refractivity contribution in [1.29, 1.82) is 0 Å². The molecule has 13 heteroatoms. The molecular formula is C30H29FN8O4. The molecule has 3 aromatic heterocycles. The van der Waals surface area contributed by atoms with E-state index in [0.717, 1.165) is 19.4 Å². The number of likely N-dealkylation sites (N-methyl/N-ethyl adjacent to an activating group) is 1. The van der Waals surface area contributed by atoms with E-state index in [-0.39, 0.29) is 11.7 Å². The summed E-state index contributed by atoms with van der Waals surface area (Å²) >= 11 is 0. The van der Waals surface area contributed by atoms with Crippen molar-refractivity contribution < 1.29 is 23.4 Å². The number of nitrogens with zero attached hydrogens (tertiary/aromatic N) is 6. The number of fused-ring (bicyclic) bond motifs is 2. The van der Waals surface area contributed by atoms with Gasteiger partial charge in [0.25, 0.3) is 5.91 Å². The highest BCUT2D eigenvalue weighted by Crippen LogP contribution is 2.37. The Kier molecular flexibility index (Phi) is 7.71. The van der Waals surface area contributed by atoms with Crippen LogP contribution in [0.1, 0.15) is 12.8 Å². The van der Waals surface area contributed by atoms with Gasteiger partial charge in [-0.3, -0.25) is 9.69 Å². The second kappa shape index (κ2) is 11.9. The van der Waals surface area contributed by atoms with E-state index in [1.807, 2.05) is 11.9 Å². The number of likely N-dealkylation sites (tertiary alicyclic amines) is 1. The monoisotopic (exact) mass is 584 g/mol. The number of aromatic nitrogens is 5. The zero-order valence-corrected chi connectivity index (χ0v) is 23.7. The molecule has 0 bridgehead atoms. The topological polar surface area (TPSA) is 128 Å². The molecule has 0 aliphatic carbocycles. The van der Waals surface area contributed by atoms with Gasteiger partial charge in [0.2, 0.25) is 0 Å². The molecule has 0 radical (unpaired) electrons. The first-order valence-electron chi connectivity index (χ1n) is 13.6. The Labute approximate surface area is 246 Å². The van der Waals surface area contributed by atoms with Crippen LogP contribution in [0.2, 0.25) is 0 Å². The van der Waals surface area contributed by atoms with Crippen LogP contribution in [0.5, 0.6) is 23.0 Å². The number of carbonyl (C=O) groups is 1. The van der Waals surface area contributed by atoms with Crippen molar-refractivity contribution in [2.75, 3.05) is 38.4 Å². The Hall–Kier alpha value is -5.30. The average Bonchev–Trinajstić information content (AvgIpc) is 3.65. The number of rotatable bonds is 9. The van der Waals surface area contributed by atoms with Crippen LogP contribution >= 0.6 is 0 Å². The first kappa shape index (κ1) is 27.8. The maximum Gasteiger partial charge on any atom is 0.284 e. The number of hydrogen-bond donors (Lipinski definition) is 2. The number of anilines is 3. The number of methoxy groups -OCH3 is 2. The minimum atomic E-state index is -0.857. The van der Waals surface area contributed by atoms with E-state index >= 15 is 0 Å². The van der Waals surface area contributed by atoms with E-state index in [4.69, 9.17) is 14.2 Å². The Morgan fingerprint density at radius 1 is 1.00 bits per heavy atom. The molecule has 1 aliphatic heterocycles. The van der Waals surface area contributed by atoms with Crippen molar-refractivity contribution in [2.24, 2.45) is 0 Å². The number of halogens is 1. The average molecular weight is 585 g/mol. The summed E-state index contributed by atoms with van der Waals surface area (Å²) in [6.07, 6.45) is 7.76. The Balaban J connectivity index is 1.26. The quantitative estimate of drug-likeness (QED) is 0.226. The molecule has 1 unspecified atom stereocenters. The predicted octanol–water partition coefficient (Wildman–Crippen LogP) is 5.11. The van der Waals surface area contributed by atoms with Crippen LogP contribution in [0.3, 0.4) is 0 Å². The highest BCUT2D eigenvalue weighted by molar-refractivity contribution is 6.05. The van der Waals surface area contributed by atoms with Gasteiger partial charge >= 0.3 is 0 Å². The fourth-order valence-corrected chi connectivity index (χ4v) is 4.99. The van der Waals surface area contributed by atoms with Gasteiger partial charge in [0, 0.05) is 35.8 Å². The van der Waals surface area contributed by atoms with Gasteiger partial charge in [0.1, 0.15) is 41.5 Å². The van der Waals surface area contributed by atoms with Crippen molar-refractivity contribution in [2.45, 2.75) is 18.9 Å². The molecule has 12 nitrogen and oxygen atoms in total.